The van der Waals surface area contributed by atoms with E-state index in [2.05, 4.69) is 15.0 Å². The predicted molar refractivity (Wildman–Crippen MR) is 78.1 cm³/mol. The van der Waals surface area contributed by atoms with Gasteiger partial charge >= 0.3 is 0 Å². The molecule has 0 aliphatic heterocycles. The fraction of sp³-hybridized carbons (Fsp3) is 0.0769. The highest BCUT2D eigenvalue weighted by molar-refractivity contribution is 7.98. The van der Waals surface area contributed by atoms with Crippen molar-refractivity contribution in [3.05, 3.63) is 63.9 Å². The van der Waals surface area contributed by atoms with Gasteiger partial charge < -0.3 is 0 Å². The van der Waals surface area contributed by atoms with E-state index in [0.29, 0.717) is 27.3 Å². The summed E-state index contributed by atoms with van der Waals surface area (Å²) in [6.45, 7) is 0. The summed E-state index contributed by atoms with van der Waals surface area (Å²) in [5, 5.41) is 1.16. The third kappa shape index (κ3) is 2.81. The number of rotatable bonds is 3. The molecule has 5 nitrogen and oxygen atoms in total. The standard InChI is InChI=1S/C13H9ClN4OS/c14-9-2-3-11-17-10(6-12(19)18(11)7-9)8-20-13-15-4-1-5-16-13/h1-7H,8H2. The molecule has 0 aromatic carbocycles. The van der Waals surface area contributed by atoms with Crippen molar-refractivity contribution in [3.63, 3.8) is 0 Å². The van der Waals surface area contributed by atoms with Gasteiger partial charge in [-0.2, -0.15) is 0 Å². The average Bonchev–Trinajstić information content (AvgIpc) is 2.47. The van der Waals surface area contributed by atoms with Crippen LogP contribution < -0.4 is 5.56 Å². The van der Waals surface area contributed by atoms with Crippen LogP contribution in [0.5, 0.6) is 0 Å². The lowest BCUT2D eigenvalue weighted by Gasteiger charge is -2.04. The minimum atomic E-state index is -0.151. The van der Waals surface area contributed by atoms with Gasteiger partial charge in [-0.25, -0.2) is 15.0 Å². The molecule has 0 saturated carbocycles. The van der Waals surface area contributed by atoms with Crippen molar-refractivity contribution in [2.45, 2.75) is 10.9 Å². The Balaban J connectivity index is 1.89. The van der Waals surface area contributed by atoms with Crippen LogP contribution in [0, 0.1) is 0 Å². The Morgan fingerprint density at radius 3 is 2.85 bits per heavy atom. The van der Waals surface area contributed by atoms with Crippen LogP contribution in [0.15, 0.2) is 52.8 Å². The second-order valence-electron chi connectivity index (χ2n) is 3.98. The zero-order valence-corrected chi connectivity index (χ0v) is 11.8. The van der Waals surface area contributed by atoms with Crippen LogP contribution in [0.1, 0.15) is 5.69 Å². The highest BCUT2D eigenvalue weighted by Gasteiger charge is 2.04. The maximum absolute atomic E-state index is 12.0. The molecule has 0 amide bonds. The lowest BCUT2D eigenvalue weighted by atomic mass is 10.4. The molecule has 0 atom stereocenters. The number of pyridine rings is 1. The fourth-order valence-corrected chi connectivity index (χ4v) is 2.55. The van der Waals surface area contributed by atoms with E-state index in [1.165, 1.54) is 22.2 Å². The zero-order chi connectivity index (χ0) is 13.9. The van der Waals surface area contributed by atoms with Crippen LogP contribution in [0.2, 0.25) is 5.02 Å². The van der Waals surface area contributed by atoms with Gasteiger partial charge in [-0.15, -0.1) is 0 Å². The van der Waals surface area contributed by atoms with E-state index in [1.807, 2.05) is 0 Å². The average molecular weight is 305 g/mol. The van der Waals surface area contributed by atoms with E-state index in [0.717, 1.165) is 0 Å². The van der Waals surface area contributed by atoms with Crippen LogP contribution in [-0.4, -0.2) is 19.4 Å². The normalized spacial score (nSPS) is 10.8. The Bertz CT molecular complexity index is 806. The molecule has 7 heteroatoms. The number of nitrogens with zero attached hydrogens (tertiary/aromatic N) is 4. The van der Waals surface area contributed by atoms with Gasteiger partial charge in [0.1, 0.15) is 5.65 Å². The van der Waals surface area contributed by atoms with Gasteiger partial charge in [0, 0.05) is 30.4 Å². The maximum Gasteiger partial charge on any atom is 0.258 e. The Labute approximate surface area is 123 Å². The molecule has 0 unspecified atom stereocenters. The molecule has 20 heavy (non-hydrogen) atoms. The second kappa shape index (κ2) is 5.60. The van der Waals surface area contributed by atoms with E-state index in [9.17, 15) is 4.79 Å². The molecule has 0 N–H and O–H groups in total. The Kier molecular flexibility index (Phi) is 3.66. The molecule has 0 spiro atoms. The molecule has 0 aliphatic carbocycles. The van der Waals surface area contributed by atoms with Gasteiger partial charge in [-0.05, 0) is 18.2 Å². The molecule has 3 heterocycles. The zero-order valence-electron chi connectivity index (χ0n) is 10.2. The molecular formula is C13H9ClN4OS. The first-order valence-corrected chi connectivity index (χ1v) is 7.16. The first kappa shape index (κ1) is 13.1. The summed E-state index contributed by atoms with van der Waals surface area (Å²) in [6.07, 6.45) is 4.92. The topological polar surface area (TPSA) is 60.2 Å². The van der Waals surface area contributed by atoms with Gasteiger partial charge in [-0.3, -0.25) is 9.20 Å². The number of halogens is 1. The van der Waals surface area contributed by atoms with Crippen molar-refractivity contribution >= 4 is 29.0 Å². The lowest BCUT2D eigenvalue weighted by molar-refractivity contribution is 0.961. The van der Waals surface area contributed by atoms with Crippen LogP contribution in [0.3, 0.4) is 0 Å². The van der Waals surface area contributed by atoms with Gasteiger partial charge in [0.05, 0.1) is 10.7 Å². The summed E-state index contributed by atoms with van der Waals surface area (Å²) in [5.74, 6) is 0.540. The highest BCUT2D eigenvalue weighted by atomic mass is 35.5. The van der Waals surface area contributed by atoms with E-state index in [1.54, 1.807) is 36.8 Å². The molecule has 0 aliphatic rings. The first-order chi connectivity index (χ1) is 9.72. The SMILES string of the molecule is O=c1cc(CSc2ncccn2)nc2ccc(Cl)cn12. The maximum atomic E-state index is 12.0. The molecular weight excluding hydrogens is 296 g/mol. The van der Waals surface area contributed by atoms with Crippen molar-refractivity contribution in [1.29, 1.82) is 0 Å². The Hall–Kier alpha value is -1.92. The highest BCUT2D eigenvalue weighted by Crippen LogP contribution is 2.17. The Morgan fingerprint density at radius 2 is 2.05 bits per heavy atom. The van der Waals surface area contributed by atoms with Crippen LogP contribution in [-0.2, 0) is 5.75 Å². The van der Waals surface area contributed by atoms with Crippen LogP contribution in [0.4, 0.5) is 0 Å². The molecule has 100 valence electrons. The smallest absolute Gasteiger partial charge is 0.258 e. The molecule has 0 saturated heterocycles. The summed E-state index contributed by atoms with van der Waals surface area (Å²) in [5.41, 5.74) is 1.11. The summed E-state index contributed by atoms with van der Waals surface area (Å²) in [6, 6.07) is 6.69. The minimum absolute atomic E-state index is 0.151. The van der Waals surface area contributed by atoms with Crippen molar-refractivity contribution in [1.82, 2.24) is 19.4 Å². The van der Waals surface area contributed by atoms with E-state index < -0.39 is 0 Å². The van der Waals surface area contributed by atoms with Gasteiger partial charge in [0.2, 0.25) is 0 Å². The predicted octanol–water partition coefficient (Wildman–Crippen LogP) is 2.43. The number of aromatic nitrogens is 4. The Morgan fingerprint density at radius 1 is 1.25 bits per heavy atom. The fourth-order valence-electron chi connectivity index (χ4n) is 1.70. The first-order valence-electron chi connectivity index (χ1n) is 5.80. The van der Waals surface area contributed by atoms with Crippen LogP contribution >= 0.6 is 23.4 Å². The number of thioether (sulfide) groups is 1. The van der Waals surface area contributed by atoms with Crippen molar-refractivity contribution < 1.29 is 0 Å². The number of hydrogen-bond donors (Lipinski definition) is 0. The van der Waals surface area contributed by atoms with Crippen molar-refractivity contribution in [2.24, 2.45) is 0 Å². The third-order valence-corrected chi connectivity index (χ3v) is 3.70. The van der Waals surface area contributed by atoms with Gasteiger partial charge in [-0.1, -0.05) is 23.4 Å². The summed E-state index contributed by atoms with van der Waals surface area (Å²) >= 11 is 7.30. The molecule has 0 radical (unpaired) electrons. The monoisotopic (exact) mass is 304 g/mol. The molecule has 0 fully saturated rings. The summed E-state index contributed by atoms with van der Waals surface area (Å²) in [7, 11) is 0. The van der Waals surface area contributed by atoms with Gasteiger partial charge in [0.25, 0.3) is 5.56 Å². The molecule has 3 aromatic rings. The number of hydrogen-bond acceptors (Lipinski definition) is 5. The third-order valence-electron chi connectivity index (χ3n) is 2.57. The van der Waals surface area contributed by atoms with E-state index in [4.69, 9.17) is 11.6 Å². The van der Waals surface area contributed by atoms with Crippen molar-refractivity contribution in [3.8, 4) is 0 Å². The van der Waals surface area contributed by atoms with E-state index >= 15 is 0 Å². The van der Waals surface area contributed by atoms with Crippen LogP contribution in [0.25, 0.3) is 5.65 Å². The molecule has 3 rings (SSSR count). The summed E-state index contributed by atoms with van der Waals surface area (Å²) < 4.78 is 1.43. The minimum Gasteiger partial charge on any atom is -0.269 e. The number of fused-ring (bicyclic) bond motifs is 1. The lowest BCUT2D eigenvalue weighted by Crippen LogP contribution is -2.15. The summed E-state index contributed by atoms with van der Waals surface area (Å²) in [4.78, 5) is 24.6. The van der Waals surface area contributed by atoms with Gasteiger partial charge in [0.15, 0.2) is 5.16 Å². The largest absolute Gasteiger partial charge is 0.269 e. The van der Waals surface area contributed by atoms with Crippen molar-refractivity contribution in [2.75, 3.05) is 0 Å². The van der Waals surface area contributed by atoms with E-state index in [-0.39, 0.29) is 5.56 Å². The quantitative estimate of drug-likeness (QED) is 0.549. The molecule has 0 bridgehead atoms. The molecule has 3 aromatic heterocycles. The second-order valence-corrected chi connectivity index (χ2v) is 5.36.